The number of carbonyl (C=O) groups excluding carboxylic acids is 4. The van der Waals surface area contributed by atoms with Crippen LogP contribution < -0.4 is 10.6 Å². The minimum atomic E-state index is -0.892. The highest BCUT2D eigenvalue weighted by atomic mass is 32.1. The third-order valence-corrected chi connectivity index (χ3v) is 8.07. The first-order valence-corrected chi connectivity index (χ1v) is 15.1. The topological polar surface area (TPSA) is 151 Å². The normalized spacial score (nSPS) is 18.6. The van der Waals surface area contributed by atoms with Crippen LogP contribution in [0.15, 0.2) is 72.8 Å². The van der Waals surface area contributed by atoms with Crippen LogP contribution in [-0.2, 0) is 27.3 Å². The van der Waals surface area contributed by atoms with Crippen LogP contribution in [0.2, 0.25) is 0 Å². The molecule has 0 spiro atoms. The molecule has 13 nitrogen and oxygen atoms in total. The Morgan fingerprint density at radius 2 is 1.86 bits per heavy atom. The largest absolute Gasteiger partial charge is 0.508 e. The molecule has 0 radical (unpaired) electrons. The number of aromatic nitrogens is 2. The van der Waals surface area contributed by atoms with Gasteiger partial charge in [0.05, 0.1) is 13.1 Å². The second-order valence-corrected chi connectivity index (χ2v) is 11.3. The average Bonchev–Trinajstić information content (AvgIpc) is 3.52. The van der Waals surface area contributed by atoms with E-state index in [1.165, 1.54) is 38.9 Å². The zero-order chi connectivity index (χ0) is 31.1. The lowest BCUT2D eigenvalue weighted by molar-refractivity contribution is -0.189. The summed E-state index contributed by atoms with van der Waals surface area (Å²) < 4.78 is 0. The van der Waals surface area contributed by atoms with Gasteiger partial charge >= 0.3 is 6.03 Å². The van der Waals surface area contributed by atoms with Crippen LogP contribution in [0.1, 0.15) is 24.0 Å². The molecule has 2 fully saturated rings. The van der Waals surface area contributed by atoms with Crippen molar-refractivity contribution in [3.8, 4) is 5.75 Å². The molecule has 230 valence electrons. The number of aromatic hydroxyl groups is 1. The molecule has 2 atom stereocenters. The second kappa shape index (κ2) is 14.1. The summed E-state index contributed by atoms with van der Waals surface area (Å²) in [5.74, 6) is -0.711. The number of piperazine rings is 1. The molecule has 5 amide bonds. The maximum atomic E-state index is 13.9. The number of nitrogens with zero attached hydrogens (tertiary/aromatic N) is 6. The van der Waals surface area contributed by atoms with Crippen LogP contribution in [-0.4, -0.2) is 97.3 Å². The van der Waals surface area contributed by atoms with Crippen LogP contribution >= 0.6 is 11.3 Å². The van der Waals surface area contributed by atoms with Crippen molar-refractivity contribution < 1.29 is 24.3 Å². The van der Waals surface area contributed by atoms with Crippen molar-refractivity contribution in [1.29, 1.82) is 0 Å². The van der Waals surface area contributed by atoms with Gasteiger partial charge in [0.2, 0.25) is 22.9 Å². The molecule has 0 saturated carbocycles. The molecule has 0 unspecified atom stereocenters. The van der Waals surface area contributed by atoms with Gasteiger partial charge in [0, 0.05) is 32.5 Å². The summed E-state index contributed by atoms with van der Waals surface area (Å²) in [6, 6.07) is 14.7. The molecule has 3 N–H and O–H groups in total. The molecule has 2 aliphatic heterocycles. The quantitative estimate of drug-likeness (QED) is 0.277. The first kappa shape index (κ1) is 30.6. The number of benzene rings is 2. The number of amides is 5. The smallest absolute Gasteiger partial charge is 0.334 e. The molecule has 0 bridgehead atoms. The second-order valence-electron chi connectivity index (χ2n) is 10.5. The lowest BCUT2D eigenvalue weighted by atomic mass is 9.98. The highest BCUT2D eigenvalue weighted by Crippen LogP contribution is 2.29. The van der Waals surface area contributed by atoms with E-state index in [0.29, 0.717) is 11.6 Å². The first-order chi connectivity index (χ1) is 21.3. The van der Waals surface area contributed by atoms with Crippen LogP contribution in [0, 0.1) is 0 Å². The van der Waals surface area contributed by atoms with Crippen LogP contribution in [0.3, 0.4) is 0 Å². The summed E-state index contributed by atoms with van der Waals surface area (Å²) in [6.45, 7) is 4.54. The van der Waals surface area contributed by atoms with Crippen LogP contribution in [0.25, 0.3) is 0 Å². The zero-order valence-corrected chi connectivity index (χ0v) is 24.9. The van der Waals surface area contributed by atoms with E-state index < -0.39 is 18.2 Å². The number of nitrogens with one attached hydrogen (secondary N) is 2. The Bertz CT molecular complexity index is 1470. The molecule has 1 aromatic heterocycles. The van der Waals surface area contributed by atoms with Crippen molar-refractivity contribution >= 4 is 40.2 Å². The van der Waals surface area contributed by atoms with E-state index in [2.05, 4.69) is 27.4 Å². The van der Waals surface area contributed by atoms with Gasteiger partial charge in [-0.3, -0.25) is 14.4 Å². The van der Waals surface area contributed by atoms with Crippen LogP contribution in [0.4, 0.5) is 9.93 Å². The number of hydrazine groups is 1. The lowest BCUT2D eigenvalue weighted by Gasteiger charge is -2.55. The fourth-order valence-corrected chi connectivity index (χ4v) is 5.91. The Balaban J connectivity index is 1.39. The van der Waals surface area contributed by atoms with Gasteiger partial charge in [-0.15, -0.1) is 16.8 Å². The number of hydrogen-bond acceptors (Lipinski definition) is 9. The van der Waals surface area contributed by atoms with Crippen molar-refractivity contribution in [2.75, 3.05) is 31.5 Å². The van der Waals surface area contributed by atoms with Crippen molar-refractivity contribution in [3.05, 3.63) is 83.9 Å². The number of phenolic OH excluding ortho intramolecular Hbond substituents is 1. The van der Waals surface area contributed by atoms with Gasteiger partial charge in [0.15, 0.2) is 0 Å². The molecule has 5 rings (SSSR count). The molecule has 14 heteroatoms. The third kappa shape index (κ3) is 7.21. The highest BCUT2D eigenvalue weighted by molar-refractivity contribution is 7.13. The Labute approximate surface area is 258 Å². The summed E-state index contributed by atoms with van der Waals surface area (Å²) in [4.78, 5) is 56.9. The first-order valence-electron chi connectivity index (χ1n) is 14.2. The molecular formula is C30H34N8O5S. The van der Waals surface area contributed by atoms with Crippen molar-refractivity contribution in [3.63, 3.8) is 0 Å². The predicted molar refractivity (Wildman–Crippen MR) is 163 cm³/mol. The highest BCUT2D eigenvalue weighted by Gasteiger charge is 2.51. The van der Waals surface area contributed by atoms with Gasteiger partial charge in [0.25, 0.3) is 0 Å². The fraction of sp³-hybridized carbons (Fsp3) is 0.333. The number of anilines is 1. The Kier molecular flexibility index (Phi) is 9.82. The Morgan fingerprint density at radius 3 is 2.57 bits per heavy atom. The number of phenols is 1. The van der Waals surface area contributed by atoms with Crippen molar-refractivity contribution in [2.24, 2.45) is 0 Å². The monoisotopic (exact) mass is 618 g/mol. The maximum absolute atomic E-state index is 13.9. The van der Waals surface area contributed by atoms with Crippen LogP contribution in [0.5, 0.6) is 5.75 Å². The molecule has 44 heavy (non-hydrogen) atoms. The number of hydrogen-bond donors (Lipinski definition) is 3. The van der Waals surface area contributed by atoms with E-state index in [0.717, 1.165) is 11.1 Å². The van der Waals surface area contributed by atoms with Crippen molar-refractivity contribution in [1.82, 2.24) is 35.3 Å². The molecule has 3 heterocycles. The maximum Gasteiger partial charge on any atom is 0.334 e. The van der Waals surface area contributed by atoms with E-state index in [-0.39, 0.29) is 69.0 Å². The fourth-order valence-electron chi connectivity index (χ4n) is 5.45. The average molecular weight is 619 g/mol. The summed E-state index contributed by atoms with van der Waals surface area (Å²) >= 11 is 1.21. The molecular weight excluding hydrogens is 584 g/mol. The zero-order valence-electron chi connectivity index (χ0n) is 24.0. The number of carbonyl (C=O) groups is 4. The van der Waals surface area contributed by atoms with Gasteiger partial charge in [-0.2, -0.15) is 0 Å². The molecule has 2 aromatic carbocycles. The van der Waals surface area contributed by atoms with E-state index >= 15 is 0 Å². The standard InChI is InChI=1S/C30H34N8O5S/c1-2-14-36-19-27(41)37-24(16-21-10-12-23(39)13-11-21)28(42)35(15-6-9-25(40)33-29-34-32-20-44-29)18-26(37)38(36)30(43)31-17-22-7-4-3-5-8-22/h2-5,7-8,10-13,20,24,26,39H,1,6,9,14-19H2,(H,31,43)(H,33,34,40)/t24-,26-/m0/s1. The van der Waals surface area contributed by atoms with Gasteiger partial charge < -0.3 is 25.5 Å². The Hall–Kier alpha value is -4.82. The minimum absolute atomic E-state index is 0.0705. The molecule has 0 aliphatic carbocycles. The van der Waals surface area contributed by atoms with E-state index in [4.69, 9.17) is 0 Å². The van der Waals surface area contributed by atoms with E-state index in [1.807, 2.05) is 30.3 Å². The van der Waals surface area contributed by atoms with Gasteiger partial charge in [0.1, 0.15) is 23.5 Å². The summed E-state index contributed by atoms with van der Waals surface area (Å²) in [7, 11) is 0. The minimum Gasteiger partial charge on any atom is -0.508 e. The predicted octanol–water partition coefficient (Wildman–Crippen LogP) is 2.20. The molecule has 2 aliphatic rings. The number of fused-ring (bicyclic) bond motifs is 1. The van der Waals surface area contributed by atoms with Crippen molar-refractivity contribution in [2.45, 2.75) is 38.0 Å². The van der Waals surface area contributed by atoms with E-state index in [1.54, 1.807) is 28.1 Å². The van der Waals surface area contributed by atoms with E-state index in [9.17, 15) is 24.3 Å². The molecule has 3 aromatic rings. The van der Waals surface area contributed by atoms with Gasteiger partial charge in [-0.1, -0.05) is 59.9 Å². The SMILES string of the molecule is C=CCN1CC(=O)N2[C@@H](Cc3ccc(O)cc3)C(=O)N(CCCC(=O)Nc3nncs3)C[C@@H]2N1C(=O)NCc1ccccc1. The molecule has 2 saturated heterocycles. The summed E-state index contributed by atoms with van der Waals surface area (Å²) in [6.07, 6.45) is 1.53. The summed E-state index contributed by atoms with van der Waals surface area (Å²) in [5, 5.41) is 26.5. The number of urea groups is 1. The Morgan fingerprint density at radius 1 is 1.09 bits per heavy atom. The summed E-state index contributed by atoms with van der Waals surface area (Å²) in [5.41, 5.74) is 3.18. The van der Waals surface area contributed by atoms with Gasteiger partial charge in [-0.05, 0) is 29.7 Å². The lowest BCUT2D eigenvalue weighted by Crippen LogP contribution is -2.76. The number of rotatable bonds is 11. The van der Waals surface area contributed by atoms with Gasteiger partial charge in [-0.25, -0.2) is 14.8 Å². The third-order valence-electron chi connectivity index (χ3n) is 7.47.